The van der Waals surface area contributed by atoms with Gasteiger partial charge in [0.1, 0.15) is 0 Å². The SMILES string of the molecule is Cc1c(C(=O)NCC(F)F)cc([N+](=O)[O-])cc1S(N)(=O)=O. The van der Waals surface area contributed by atoms with Crippen molar-refractivity contribution in [1.82, 2.24) is 5.32 Å². The number of non-ortho nitro benzene ring substituents is 1. The van der Waals surface area contributed by atoms with Crippen molar-refractivity contribution < 1.29 is 26.9 Å². The predicted octanol–water partition coefficient (Wildman–Crippen LogP) is 0.546. The van der Waals surface area contributed by atoms with Crippen LogP contribution in [0.25, 0.3) is 0 Å². The Labute approximate surface area is 118 Å². The molecule has 1 aromatic carbocycles. The van der Waals surface area contributed by atoms with E-state index in [1.807, 2.05) is 5.32 Å². The number of nitrogens with zero attached hydrogens (tertiary/aromatic N) is 1. The van der Waals surface area contributed by atoms with Gasteiger partial charge in [-0.2, -0.15) is 0 Å². The molecular formula is C10H11F2N3O5S. The zero-order chi connectivity index (χ0) is 16.4. The minimum atomic E-state index is -4.31. The number of nitrogens with two attached hydrogens (primary N) is 1. The third-order valence-electron chi connectivity index (χ3n) is 2.52. The summed E-state index contributed by atoms with van der Waals surface area (Å²) in [5.74, 6) is -1.05. The number of primary sulfonamides is 1. The molecule has 0 fully saturated rings. The van der Waals surface area contributed by atoms with E-state index in [4.69, 9.17) is 5.14 Å². The van der Waals surface area contributed by atoms with Crippen LogP contribution in [0.4, 0.5) is 14.5 Å². The summed E-state index contributed by atoms with van der Waals surface area (Å²) >= 11 is 0. The fourth-order valence-electron chi connectivity index (χ4n) is 1.57. The third-order valence-corrected chi connectivity index (χ3v) is 3.56. The van der Waals surface area contributed by atoms with Gasteiger partial charge in [0.05, 0.1) is 21.9 Å². The molecule has 0 aromatic heterocycles. The summed E-state index contributed by atoms with van der Waals surface area (Å²) in [7, 11) is -4.31. The molecule has 8 nitrogen and oxygen atoms in total. The third kappa shape index (κ3) is 4.16. The lowest BCUT2D eigenvalue weighted by molar-refractivity contribution is -0.385. The highest BCUT2D eigenvalue weighted by molar-refractivity contribution is 7.89. The van der Waals surface area contributed by atoms with Crippen molar-refractivity contribution in [2.75, 3.05) is 6.54 Å². The molecule has 0 saturated carbocycles. The molecule has 0 aliphatic rings. The number of benzene rings is 1. The summed E-state index contributed by atoms with van der Waals surface area (Å²) < 4.78 is 46.8. The molecule has 21 heavy (non-hydrogen) atoms. The van der Waals surface area contributed by atoms with Gasteiger partial charge in [-0.05, 0) is 12.5 Å². The van der Waals surface area contributed by atoms with Crippen LogP contribution in [0.3, 0.4) is 0 Å². The van der Waals surface area contributed by atoms with Crippen LogP contribution in [-0.4, -0.2) is 32.2 Å². The fourth-order valence-corrected chi connectivity index (χ4v) is 2.40. The molecule has 0 radical (unpaired) electrons. The monoisotopic (exact) mass is 323 g/mol. The number of halogens is 2. The van der Waals surface area contributed by atoms with Gasteiger partial charge in [0.15, 0.2) is 0 Å². The van der Waals surface area contributed by atoms with Crippen LogP contribution in [-0.2, 0) is 10.0 Å². The Hall–Kier alpha value is -2.14. The maximum Gasteiger partial charge on any atom is 0.271 e. The van der Waals surface area contributed by atoms with Crippen LogP contribution in [0.1, 0.15) is 15.9 Å². The number of rotatable bonds is 5. The second kappa shape index (κ2) is 6.10. The molecule has 0 atom stereocenters. The Kier molecular flexibility index (Phi) is 4.91. The smallest absolute Gasteiger partial charge is 0.271 e. The highest BCUT2D eigenvalue weighted by Crippen LogP contribution is 2.25. The van der Waals surface area contributed by atoms with Gasteiger partial charge in [-0.3, -0.25) is 14.9 Å². The number of carbonyl (C=O) groups excluding carboxylic acids is 1. The maximum absolute atomic E-state index is 12.0. The number of nitro benzene ring substituents is 1. The normalized spacial score (nSPS) is 11.5. The maximum atomic E-state index is 12.0. The zero-order valence-corrected chi connectivity index (χ0v) is 11.5. The van der Waals surface area contributed by atoms with E-state index in [9.17, 15) is 32.1 Å². The van der Waals surface area contributed by atoms with Gasteiger partial charge in [-0.15, -0.1) is 0 Å². The van der Waals surface area contributed by atoms with Crippen molar-refractivity contribution in [2.45, 2.75) is 18.2 Å². The first kappa shape index (κ1) is 16.9. The molecule has 0 saturated heterocycles. The molecule has 11 heteroatoms. The first-order chi connectivity index (χ1) is 9.54. The summed E-state index contributed by atoms with van der Waals surface area (Å²) in [4.78, 5) is 20.9. The number of sulfonamides is 1. The summed E-state index contributed by atoms with van der Waals surface area (Å²) in [5.41, 5.74) is -1.25. The van der Waals surface area contributed by atoms with E-state index >= 15 is 0 Å². The van der Waals surface area contributed by atoms with Gasteiger partial charge in [0.2, 0.25) is 10.0 Å². The van der Waals surface area contributed by atoms with E-state index in [1.54, 1.807) is 0 Å². The van der Waals surface area contributed by atoms with Gasteiger partial charge in [0, 0.05) is 12.1 Å². The van der Waals surface area contributed by atoms with Crippen LogP contribution >= 0.6 is 0 Å². The van der Waals surface area contributed by atoms with E-state index in [2.05, 4.69) is 0 Å². The Bertz CT molecular complexity index is 690. The number of amides is 1. The highest BCUT2D eigenvalue weighted by atomic mass is 32.2. The summed E-state index contributed by atoms with van der Waals surface area (Å²) in [6.07, 6.45) is -2.81. The molecule has 1 rings (SSSR count). The van der Waals surface area contributed by atoms with Crippen molar-refractivity contribution in [1.29, 1.82) is 0 Å². The lowest BCUT2D eigenvalue weighted by Gasteiger charge is -2.10. The van der Waals surface area contributed by atoms with Crippen LogP contribution in [0, 0.1) is 17.0 Å². The van der Waals surface area contributed by atoms with Crippen molar-refractivity contribution >= 4 is 21.6 Å². The molecular weight excluding hydrogens is 312 g/mol. The first-order valence-electron chi connectivity index (χ1n) is 5.42. The number of nitrogens with one attached hydrogen (secondary N) is 1. The second-order valence-electron chi connectivity index (χ2n) is 4.02. The molecule has 3 N–H and O–H groups in total. The van der Waals surface area contributed by atoms with Crippen LogP contribution in [0.5, 0.6) is 0 Å². The quantitative estimate of drug-likeness (QED) is 0.603. The van der Waals surface area contributed by atoms with E-state index in [-0.39, 0.29) is 5.56 Å². The van der Waals surface area contributed by atoms with Gasteiger partial charge in [-0.1, -0.05) is 0 Å². The number of hydrogen-bond acceptors (Lipinski definition) is 5. The summed E-state index contributed by atoms with van der Waals surface area (Å²) in [6.45, 7) is 0.229. The van der Waals surface area contributed by atoms with E-state index < -0.39 is 50.0 Å². The van der Waals surface area contributed by atoms with Crippen molar-refractivity contribution in [3.8, 4) is 0 Å². The largest absolute Gasteiger partial charge is 0.346 e. The van der Waals surface area contributed by atoms with Crippen molar-refractivity contribution in [2.24, 2.45) is 5.14 Å². The van der Waals surface area contributed by atoms with E-state index in [0.717, 1.165) is 6.07 Å². The van der Waals surface area contributed by atoms with Crippen LogP contribution in [0.2, 0.25) is 0 Å². The molecule has 0 unspecified atom stereocenters. The first-order valence-corrected chi connectivity index (χ1v) is 6.97. The van der Waals surface area contributed by atoms with Crippen LogP contribution < -0.4 is 10.5 Å². The molecule has 0 aliphatic heterocycles. The average Bonchev–Trinajstić information content (AvgIpc) is 2.34. The van der Waals surface area contributed by atoms with Gasteiger partial charge < -0.3 is 5.32 Å². The zero-order valence-electron chi connectivity index (χ0n) is 10.7. The number of carbonyl (C=O) groups is 1. The van der Waals surface area contributed by atoms with Crippen molar-refractivity contribution in [3.63, 3.8) is 0 Å². The molecule has 0 spiro atoms. The standard InChI is InChI=1S/C10H11F2N3O5S/c1-5-7(10(16)14-4-9(11)12)2-6(15(17)18)3-8(5)21(13,19)20/h2-3,9H,4H2,1H3,(H,14,16)(H2,13,19,20). The van der Waals surface area contributed by atoms with E-state index in [1.165, 1.54) is 6.92 Å². The Morgan fingerprint density at radius 2 is 2.05 bits per heavy atom. The second-order valence-corrected chi connectivity index (χ2v) is 5.55. The average molecular weight is 323 g/mol. The predicted molar refractivity (Wildman–Crippen MR) is 67.5 cm³/mol. The molecule has 1 amide bonds. The van der Waals surface area contributed by atoms with E-state index in [0.29, 0.717) is 6.07 Å². The molecule has 0 bridgehead atoms. The number of hydrogen-bond donors (Lipinski definition) is 2. The Morgan fingerprint density at radius 1 is 1.48 bits per heavy atom. The molecule has 1 aromatic rings. The summed E-state index contributed by atoms with van der Waals surface area (Å²) in [5, 5.41) is 17.5. The Balaban J connectivity index is 3.41. The highest BCUT2D eigenvalue weighted by Gasteiger charge is 2.24. The van der Waals surface area contributed by atoms with Gasteiger partial charge in [0.25, 0.3) is 18.0 Å². The molecule has 0 aliphatic carbocycles. The minimum Gasteiger partial charge on any atom is -0.346 e. The lowest BCUT2D eigenvalue weighted by Crippen LogP contribution is -2.29. The van der Waals surface area contributed by atoms with Crippen LogP contribution in [0.15, 0.2) is 17.0 Å². The van der Waals surface area contributed by atoms with Gasteiger partial charge >= 0.3 is 0 Å². The topological polar surface area (TPSA) is 132 Å². The number of alkyl halides is 2. The van der Waals surface area contributed by atoms with Crippen molar-refractivity contribution in [3.05, 3.63) is 33.4 Å². The lowest BCUT2D eigenvalue weighted by atomic mass is 10.1. The molecule has 0 heterocycles. The molecule has 116 valence electrons. The number of nitro groups is 1. The fraction of sp³-hybridized carbons (Fsp3) is 0.300. The minimum absolute atomic E-state index is 0.158. The Morgan fingerprint density at radius 3 is 2.48 bits per heavy atom. The summed E-state index contributed by atoms with van der Waals surface area (Å²) in [6, 6.07) is 1.50. The van der Waals surface area contributed by atoms with Gasteiger partial charge in [-0.25, -0.2) is 22.3 Å².